The van der Waals surface area contributed by atoms with Crippen LogP contribution in [0.1, 0.15) is 6.92 Å². The molecule has 72 valence electrons. The van der Waals surface area contributed by atoms with Gasteiger partial charge in [0.15, 0.2) is 6.29 Å². The average molecular weight is 178 g/mol. The molecule has 1 saturated heterocycles. The van der Waals surface area contributed by atoms with Crippen molar-refractivity contribution in [2.24, 2.45) is 0 Å². The van der Waals surface area contributed by atoms with Crippen LogP contribution in [0.5, 0.6) is 0 Å². The maximum atomic E-state index is 9.36. The van der Waals surface area contributed by atoms with Crippen molar-refractivity contribution >= 4 is 0 Å². The molecular formula is C7H14O5. The van der Waals surface area contributed by atoms with Crippen LogP contribution in [0.4, 0.5) is 0 Å². The van der Waals surface area contributed by atoms with Crippen molar-refractivity contribution in [2.45, 2.75) is 37.6 Å². The zero-order valence-corrected chi connectivity index (χ0v) is 7.04. The van der Waals surface area contributed by atoms with E-state index in [0.717, 1.165) is 0 Å². The highest BCUT2D eigenvalue weighted by atomic mass is 16.7. The summed E-state index contributed by atoms with van der Waals surface area (Å²) in [6.07, 6.45) is -4.76. The van der Waals surface area contributed by atoms with E-state index in [9.17, 15) is 15.3 Å². The number of hydrogen-bond donors (Lipinski definition) is 3. The summed E-state index contributed by atoms with van der Waals surface area (Å²) in [5.41, 5.74) is 0. The molecule has 0 aliphatic carbocycles. The number of rotatable bonds is 1. The van der Waals surface area contributed by atoms with Gasteiger partial charge >= 0.3 is 0 Å². The minimum atomic E-state index is -1.18. The summed E-state index contributed by atoms with van der Waals surface area (Å²) in [4.78, 5) is 0. The van der Waals surface area contributed by atoms with Crippen molar-refractivity contribution in [1.29, 1.82) is 0 Å². The van der Waals surface area contributed by atoms with Gasteiger partial charge in [0, 0.05) is 7.11 Å². The highest BCUT2D eigenvalue weighted by Gasteiger charge is 2.41. The lowest BCUT2D eigenvalue weighted by atomic mass is 10.00. The van der Waals surface area contributed by atoms with Crippen molar-refractivity contribution in [3.63, 3.8) is 0 Å². The smallest absolute Gasteiger partial charge is 0.184 e. The second-order valence-corrected chi connectivity index (χ2v) is 2.91. The summed E-state index contributed by atoms with van der Waals surface area (Å²) in [5.74, 6) is 0. The maximum absolute atomic E-state index is 9.36. The fourth-order valence-corrected chi connectivity index (χ4v) is 1.27. The van der Waals surface area contributed by atoms with E-state index >= 15 is 0 Å². The molecule has 0 aromatic rings. The number of aliphatic hydroxyl groups excluding tert-OH is 3. The zero-order chi connectivity index (χ0) is 9.30. The first kappa shape index (κ1) is 9.88. The Morgan fingerprint density at radius 1 is 1.17 bits per heavy atom. The minimum absolute atomic E-state index is 0.582. The lowest BCUT2D eigenvalue weighted by Gasteiger charge is -2.38. The second-order valence-electron chi connectivity index (χ2n) is 2.91. The minimum Gasteiger partial charge on any atom is -0.388 e. The van der Waals surface area contributed by atoms with E-state index in [2.05, 4.69) is 0 Å². The summed E-state index contributed by atoms with van der Waals surface area (Å²) in [6.45, 7) is 1.57. The van der Waals surface area contributed by atoms with E-state index in [-0.39, 0.29) is 0 Å². The monoisotopic (exact) mass is 178 g/mol. The highest BCUT2D eigenvalue weighted by Crippen LogP contribution is 2.20. The molecule has 0 amide bonds. The van der Waals surface area contributed by atoms with Crippen LogP contribution in [-0.4, -0.2) is 53.1 Å². The Labute approximate surface area is 70.5 Å². The molecule has 0 aromatic heterocycles. The van der Waals surface area contributed by atoms with Gasteiger partial charge in [-0.1, -0.05) is 0 Å². The zero-order valence-electron chi connectivity index (χ0n) is 7.04. The van der Waals surface area contributed by atoms with E-state index in [4.69, 9.17) is 9.47 Å². The van der Waals surface area contributed by atoms with Gasteiger partial charge in [0.25, 0.3) is 0 Å². The van der Waals surface area contributed by atoms with Crippen LogP contribution in [0.2, 0.25) is 0 Å². The average Bonchev–Trinajstić information content (AvgIpc) is 2.01. The van der Waals surface area contributed by atoms with Gasteiger partial charge in [-0.15, -0.1) is 0 Å². The highest BCUT2D eigenvalue weighted by molar-refractivity contribution is 4.87. The molecule has 1 heterocycles. The van der Waals surface area contributed by atoms with Crippen molar-refractivity contribution in [2.75, 3.05) is 7.11 Å². The van der Waals surface area contributed by atoms with Crippen LogP contribution in [0.25, 0.3) is 0 Å². The van der Waals surface area contributed by atoms with Crippen LogP contribution in [0, 0.1) is 0 Å². The van der Waals surface area contributed by atoms with Gasteiger partial charge in [-0.2, -0.15) is 0 Å². The quantitative estimate of drug-likeness (QED) is 0.453. The normalized spacial score (nSPS) is 49.2. The molecule has 1 unspecified atom stereocenters. The Balaban J connectivity index is 2.65. The summed E-state index contributed by atoms with van der Waals surface area (Å²) < 4.78 is 9.64. The third-order valence-electron chi connectivity index (χ3n) is 2.07. The van der Waals surface area contributed by atoms with Gasteiger partial charge in [0.2, 0.25) is 0 Å². The molecule has 0 saturated carbocycles. The van der Waals surface area contributed by atoms with Gasteiger partial charge in [0.1, 0.15) is 18.3 Å². The van der Waals surface area contributed by atoms with Crippen LogP contribution in [-0.2, 0) is 9.47 Å². The number of aliphatic hydroxyl groups is 3. The fraction of sp³-hybridized carbons (Fsp3) is 1.00. The van der Waals surface area contributed by atoms with E-state index < -0.39 is 30.7 Å². The van der Waals surface area contributed by atoms with Crippen LogP contribution in [0.3, 0.4) is 0 Å². The van der Waals surface area contributed by atoms with E-state index in [1.807, 2.05) is 0 Å². The lowest BCUT2D eigenvalue weighted by molar-refractivity contribution is -0.283. The third-order valence-corrected chi connectivity index (χ3v) is 2.07. The molecule has 3 N–H and O–H groups in total. The topological polar surface area (TPSA) is 79.2 Å². The first-order valence-electron chi connectivity index (χ1n) is 3.80. The van der Waals surface area contributed by atoms with Crippen LogP contribution >= 0.6 is 0 Å². The van der Waals surface area contributed by atoms with Crippen molar-refractivity contribution in [3.05, 3.63) is 0 Å². The van der Waals surface area contributed by atoms with Crippen molar-refractivity contribution < 1.29 is 24.8 Å². The molecule has 5 atom stereocenters. The summed E-state index contributed by atoms with van der Waals surface area (Å²) in [7, 11) is 1.34. The Morgan fingerprint density at radius 3 is 2.25 bits per heavy atom. The van der Waals surface area contributed by atoms with Crippen molar-refractivity contribution in [1.82, 2.24) is 0 Å². The van der Waals surface area contributed by atoms with E-state index in [1.165, 1.54) is 7.11 Å². The molecule has 0 spiro atoms. The van der Waals surface area contributed by atoms with Gasteiger partial charge in [-0.3, -0.25) is 0 Å². The maximum Gasteiger partial charge on any atom is 0.184 e. The molecule has 1 aliphatic heterocycles. The van der Waals surface area contributed by atoms with E-state index in [1.54, 1.807) is 6.92 Å². The molecular weight excluding hydrogens is 164 g/mol. The standard InChI is InChI=1S/C7H14O5/c1-3-4(8)5(9)6(11-2)7(10)12-3/h3-10H,1-2H3/t3-,4+,5+,6-,7?/m0/s1. The first-order chi connectivity index (χ1) is 5.57. The van der Waals surface area contributed by atoms with Gasteiger partial charge < -0.3 is 24.8 Å². The largest absolute Gasteiger partial charge is 0.388 e. The number of hydrogen-bond acceptors (Lipinski definition) is 5. The predicted octanol–water partition coefficient (Wildman–Crippen LogP) is -1.54. The molecule has 5 nitrogen and oxygen atoms in total. The van der Waals surface area contributed by atoms with Crippen molar-refractivity contribution in [3.8, 4) is 0 Å². The van der Waals surface area contributed by atoms with Gasteiger partial charge in [-0.25, -0.2) is 0 Å². The molecule has 0 bridgehead atoms. The Kier molecular flexibility index (Phi) is 3.03. The SMILES string of the molecule is CO[C@@H]1C(O)O[C@@H](C)[C@@H](O)[C@H]1O. The molecule has 12 heavy (non-hydrogen) atoms. The van der Waals surface area contributed by atoms with Crippen LogP contribution in [0.15, 0.2) is 0 Å². The fourth-order valence-electron chi connectivity index (χ4n) is 1.27. The third kappa shape index (κ3) is 1.60. The van der Waals surface area contributed by atoms with Gasteiger partial charge in [-0.05, 0) is 6.92 Å². The lowest BCUT2D eigenvalue weighted by Crippen LogP contribution is -2.57. The Hall–Kier alpha value is -0.200. The first-order valence-corrected chi connectivity index (χ1v) is 3.80. The summed E-state index contributed by atoms with van der Waals surface area (Å²) >= 11 is 0. The van der Waals surface area contributed by atoms with Crippen LogP contribution < -0.4 is 0 Å². The van der Waals surface area contributed by atoms with E-state index in [0.29, 0.717) is 0 Å². The molecule has 5 heteroatoms. The molecule has 0 aromatic carbocycles. The molecule has 1 fully saturated rings. The van der Waals surface area contributed by atoms with Gasteiger partial charge in [0.05, 0.1) is 6.10 Å². The molecule has 1 aliphatic rings. The number of ether oxygens (including phenoxy) is 2. The summed E-state index contributed by atoms with van der Waals surface area (Å²) in [6, 6.07) is 0. The number of methoxy groups -OCH3 is 1. The Morgan fingerprint density at radius 2 is 1.75 bits per heavy atom. The molecule has 1 rings (SSSR count). The second kappa shape index (κ2) is 3.68. The summed E-state index contributed by atoms with van der Waals surface area (Å²) in [5, 5.41) is 27.9. The predicted molar refractivity (Wildman–Crippen MR) is 39.4 cm³/mol. The Bertz CT molecular complexity index is 151. The molecule has 0 radical (unpaired) electrons.